The third kappa shape index (κ3) is 14.1. The van der Waals surface area contributed by atoms with Crippen LogP contribution in [0.5, 0.6) is 0 Å². The van der Waals surface area contributed by atoms with Crippen molar-refractivity contribution < 1.29 is 27.4 Å². The second-order valence-electron chi connectivity index (χ2n) is 12.2. The normalized spacial score (nSPS) is 12.3. The van der Waals surface area contributed by atoms with Gasteiger partial charge in [-0.3, -0.25) is 4.98 Å². The number of rotatable bonds is 22. The molecular formula is C39H52F3NO3. The largest absolute Gasteiger partial charge is 0.462 e. The molecule has 0 amide bonds. The van der Waals surface area contributed by atoms with Gasteiger partial charge in [0.25, 0.3) is 0 Å². The minimum Gasteiger partial charge on any atom is -0.462 e. The predicted octanol–water partition coefficient (Wildman–Crippen LogP) is 11.6. The Bertz CT molecular complexity index is 1240. The van der Waals surface area contributed by atoms with Crippen LogP contribution < -0.4 is 0 Å². The highest BCUT2D eigenvalue weighted by atomic mass is 19.4. The van der Waals surface area contributed by atoms with Gasteiger partial charge in [0.05, 0.1) is 17.9 Å². The van der Waals surface area contributed by atoms with Gasteiger partial charge in [-0.2, -0.15) is 13.2 Å². The summed E-state index contributed by atoms with van der Waals surface area (Å²) in [6, 6.07) is 20.2. The van der Waals surface area contributed by atoms with Crippen molar-refractivity contribution in [2.75, 3.05) is 13.2 Å². The minimum absolute atomic E-state index is 0.0959. The van der Waals surface area contributed by atoms with Gasteiger partial charge in [-0.15, -0.1) is 0 Å². The van der Waals surface area contributed by atoms with Crippen molar-refractivity contribution in [1.82, 2.24) is 4.98 Å². The van der Waals surface area contributed by atoms with E-state index >= 15 is 0 Å². The fourth-order valence-electron chi connectivity index (χ4n) is 5.35. The van der Waals surface area contributed by atoms with Crippen molar-refractivity contribution in [2.45, 2.75) is 122 Å². The summed E-state index contributed by atoms with van der Waals surface area (Å²) in [5.74, 6) is -0.370. The summed E-state index contributed by atoms with van der Waals surface area (Å²) in [5.41, 5.74) is 5.85. The zero-order chi connectivity index (χ0) is 33.0. The zero-order valence-corrected chi connectivity index (χ0v) is 27.8. The number of halogens is 3. The van der Waals surface area contributed by atoms with E-state index in [4.69, 9.17) is 9.47 Å². The van der Waals surface area contributed by atoms with E-state index in [1.807, 2.05) is 24.4 Å². The Morgan fingerprint density at radius 2 is 1.22 bits per heavy atom. The Balaban J connectivity index is 1.32. The molecule has 1 atom stereocenters. The Morgan fingerprint density at radius 1 is 0.674 bits per heavy atom. The summed E-state index contributed by atoms with van der Waals surface area (Å²) in [6.45, 7) is 3.69. The van der Waals surface area contributed by atoms with Crippen LogP contribution >= 0.6 is 0 Å². The van der Waals surface area contributed by atoms with Gasteiger partial charge in [0.1, 0.15) is 0 Å². The molecule has 2 aromatic carbocycles. The molecule has 46 heavy (non-hydrogen) atoms. The van der Waals surface area contributed by atoms with E-state index in [0.29, 0.717) is 25.0 Å². The van der Waals surface area contributed by atoms with Gasteiger partial charge in [0.2, 0.25) is 0 Å². The van der Waals surface area contributed by atoms with Crippen molar-refractivity contribution in [3.05, 3.63) is 78.0 Å². The first-order chi connectivity index (χ1) is 22.3. The topological polar surface area (TPSA) is 48.4 Å². The lowest BCUT2D eigenvalue weighted by atomic mass is 10.0. The fraction of sp³-hybridized carbons (Fsp3) is 0.538. The van der Waals surface area contributed by atoms with Gasteiger partial charge >= 0.3 is 12.1 Å². The van der Waals surface area contributed by atoms with Crippen LogP contribution in [0.1, 0.15) is 120 Å². The van der Waals surface area contributed by atoms with Gasteiger partial charge in [-0.05, 0) is 61.9 Å². The maximum Gasteiger partial charge on any atom is 0.414 e. The molecular weight excluding hydrogens is 587 g/mol. The van der Waals surface area contributed by atoms with Crippen LogP contribution in [-0.2, 0) is 15.9 Å². The molecule has 0 N–H and O–H groups in total. The number of carbonyl (C=O) groups is 1. The average molecular weight is 640 g/mol. The molecule has 0 aliphatic carbocycles. The number of alkyl halides is 3. The van der Waals surface area contributed by atoms with Crippen LogP contribution in [-0.4, -0.2) is 36.4 Å². The monoisotopic (exact) mass is 639 g/mol. The Hall–Kier alpha value is -3.19. The maximum atomic E-state index is 12.4. The Morgan fingerprint density at radius 3 is 1.80 bits per heavy atom. The molecule has 0 spiro atoms. The number of benzene rings is 2. The molecule has 0 aliphatic heterocycles. The standard InChI is InChI=1S/C39H52F3NO3/c1-3-4-5-6-7-8-9-11-14-17-32-18-20-33(21-19-32)36-26-27-37(43-30-36)34-22-24-35(25-23-34)38(44)46-29-16-13-10-12-15-28-45-31(2)39(40,41)42/h18-27,30-31H,3-17,28-29H2,1-2H3. The van der Waals surface area contributed by atoms with Crippen molar-refractivity contribution >= 4 is 5.97 Å². The summed E-state index contributed by atoms with van der Waals surface area (Å²) in [7, 11) is 0. The number of nitrogens with zero attached hydrogens (tertiary/aromatic N) is 1. The summed E-state index contributed by atoms with van der Waals surface area (Å²) in [5, 5.41) is 0. The van der Waals surface area contributed by atoms with Crippen LogP contribution in [0.4, 0.5) is 13.2 Å². The van der Waals surface area contributed by atoms with Gasteiger partial charge < -0.3 is 9.47 Å². The van der Waals surface area contributed by atoms with Crippen LogP contribution in [0.3, 0.4) is 0 Å². The lowest BCUT2D eigenvalue weighted by Crippen LogP contribution is -2.28. The number of ether oxygens (including phenoxy) is 2. The molecule has 0 aliphatic rings. The van der Waals surface area contributed by atoms with Crippen molar-refractivity contribution in [2.24, 2.45) is 0 Å². The molecule has 0 saturated carbocycles. The van der Waals surface area contributed by atoms with Crippen molar-refractivity contribution in [1.29, 1.82) is 0 Å². The first-order valence-electron chi connectivity index (χ1n) is 17.3. The van der Waals surface area contributed by atoms with Gasteiger partial charge in [-0.1, -0.05) is 120 Å². The maximum absolute atomic E-state index is 12.4. The van der Waals surface area contributed by atoms with E-state index in [9.17, 15) is 18.0 Å². The SMILES string of the molecule is CCCCCCCCCCCc1ccc(-c2ccc(-c3ccc(C(=O)OCCCCCCCOC(C)C(F)(F)F)cc3)nc2)cc1. The Labute approximate surface area is 274 Å². The van der Waals surface area contributed by atoms with Crippen LogP contribution in [0.25, 0.3) is 22.4 Å². The second-order valence-corrected chi connectivity index (χ2v) is 12.2. The number of pyridine rings is 1. The van der Waals surface area contributed by atoms with Crippen LogP contribution in [0.15, 0.2) is 66.9 Å². The van der Waals surface area contributed by atoms with E-state index in [1.54, 1.807) is 12.1 Å². The third-order valence-corrected chi connectivity index (χ3v) is 8.39. The van der Waals surface area contributed by atoms with E-state index in [-0.39, 0.29) is 12.6 Å². The summed E-state index contributed by atoms with van der Waals surface area (Å²) < 4.78 is 47.5. The smallest absolute Gasteiger partial charge is 0.414 e. The number of esters is 1. The fourth-order valence-corrected chi connectivity index (χ4v) is 5.35. The molecule has 1 aromatic heterocycles. The highest BCUT2D eigenvalue weighted by molar-refractivity contribution is 5.90. The lowest BCUT2D eigenvalue weighted by Gasteiger charge is -2.16. The summed E-state index contributed by atoms with van der Waals surface area (Å²) in [6.07, 6.45) is 12.9. The molecule has 0 fully saturated rings. The molecule has 4 nitrogen and oxygen atoms in total. The van der Waals surface area contributed by atoms with E-state index in [1.165, 1.54) is 63.4 Å². The third-order valence-electron chi connectivity index (χ3n) is 8.39. The van der Waals surface area contributed by atoms with E-state index < -0.39 is 12.3 Å². The minimum atomic E-state index is -4.31. The Kier molecular flexibility index (Phi) is 16.9. The van der Waals surface area contributed by atoms with Crippen molar-refractivity contribution in [3.8, 4) is 22.4 Å². The molecule has 0 saturated heterocycles. The van der Waals surface area contributed by atoms with Gasteiger partial charge in [0, 0.05) is 23.9 Å². The molecule has 1 heterocycles. The molecule has 1 unspecified atom stereocenters. The number of aryl methyl sites for hydroxylation is 1. The number of aromatic nitrogens is 1. The van der Waals surface area contributed by atoms with Crippen LogP contribution in [0, 0.1) is 0 Å². The number of unbranched alkanes of at least 4 members (excludes halogenated alkanes) is 12. The lowest BCUT2D eigenvalue weighted by molar-refractivity contribution is -0.214. The first-order valence-corrected chi connectivity index (χ1v) is 17.3. The summed E-state index contributed by atoms with van der Waals surface area (Å²) >= 11 is 0. The molecule has 3 aromatic rings. The van der Waals surface area contributed by atoms with Crippen LogP contribution in [0.2, 0.25) is 0 Å². The quantitative estimate of drug-likeness (QED) is 0.0811. The zero-order valence-electron chi connectivity index (χ0n) is 27.8. The number of hydrogen-bond acceptors (Lipinski definition) is 4. The first kappa shape index (κ1) is 37.3. The van der Waals surface area contributed by atoms with Crippen molar-refractivity contribution in [3.63, 3.8) is 0 Å². The summed E-state index contributed by atoms with van der Waals surface area (Å²) in [4.78, 5) is 17.1. The number of hydrogen-bond donors (Lipinski definition) is 0. The highest BCUT2D eigenvalue weighted by Gasteiger charge is 2.36. The second kappa shape index (κ2) is 20.8. The van der Waals surface area contributed by atoms with Gasteiger partial charge in [-0.25, -0.2) is 4.79 Å². The molecule has 0 radical (unpaired) electrons. The average Bonchev–Trinajstić information content (AvgIpc) is 3.06. The molecule has 252 valence electrons. The van der Waals surface area contributed by atoms with E-state index in [0.717, 1.165) is 55.0 Å². The molecule has 7 heteroatoms. The highest BCUT2D eigenvalue weighted by Crippen LogP contribution is 2.25. The molecule has 0 bridgehead atoms. The number of carbonyl (C=O) groups excluding carboxylic acids is 1. The van der Waals surface area contributed by atoms with E-state index in [2.05, 4.69) is 42.2 Å². The van der Waals surface area contributed by atoms with Gasteiger partial charge in [0.15, 0.2) is 6.10 Å². The molecule has 3 rings (SSSR count). The predicted molar refractivity (Wildman–Crippen MR) is 181 cm³/mol.